The molecule has 0 unspecified atom stereocenters. The third kappa shape index (κ3) is 11.7. The Bertz CT molecular complexity index is 736. The lowest BCUT2D eigenvalue weighted by molar-refractivity contribution is -0.130. The van der Waals surface area contributed by atoms with Crippen molar-refractivity contribution in [3.8, 4) is 0 Å². The van der Waals surface area contributed by atoms with Crippen molar-refractivity contribution < 1.29 is 14.4 Å². The summed E-state index contributed by atoms with van der Waals surface area (Å²) in [5, 5.41) is 9.09. The van der Waals surface area contributed by atoms with Crippen molar-refractivity contribution in [2.24, 2.45) is 5.92 Å². The predicted molar refractivity (Wildman–Crippen MR) is 137 cm³/mol. The second-order valence-electron chi connectivity index (χ2n) is 10.0. The van der Waals surface area contributed by atoms with Crippen LogP contribution in [0.4, 0.5) is 0 Å². The predicted octanol–water partition coefficient (Wildman–Crippen LogP) is 4.67. The van der Waals surface area contributed by atoms with Crippen molar-refractivity contribution in [1.82, 2.24) is 16.0 Å². The molecule has 0 saturated carbocycles. The molecular weight excluding hydrogens is 426 g/mol. The van der Waals surface area contributed by atoms with E-state index in [1.165, 1.54) is 32.1 Å². The maximum Gasteiger partial charge on any atom is 0.242 e. The summed E-state index contributed by atoms with van der Waals surface area (Å²) in [5.74, 6) is -0.188. The molecule has 2 atom stereocenters. The van der Waals surface area contributed by atoms with E-state index in [1.807, 2.05) is 44.2 Å². The van der Waals surface area contributed by atoms with E-state index in [1.54, 1.807) is 0 Å². The first kappa shape index (κ1) is 27.9. The van der Waals surface area contributed by atoms with Gasteiger partial charge in [-0.1, -0.05) is 89.1 Å². The monoisotopic (exact) mass is 471 g/mol. The molecule has 6 heteroatoms. The smallest absolute Gasteiger partial charge is 0.242 e. The average Bonchev–Trinajstić information content (AvgIpc) is 2.81. The van der Waals surface area contributed by atoms with Gasteiger partial charge in [-0.3, -0.25) is 14.4 Å². The number of benzene rings is 1. The van der Waals surface area contributed by atoms with Crippen LogP contribution in [-0.4, -0.2) is 36.3 Å². The van der Waals surface area contributed by atoms with Crippen LogP contribution in [0.25, 0.3) is 0 Å². The molecule has 1 fully saturated rings. The zero-order chi connectivity index (χ0) is 24.6. The van der Waals surface area contributed by atoms with Gasteiger partial charge in [-0.25, -0.2) is 0 Å². The second-order valence-corrected chi connectivity index (χ2v) is 10.0. The first-order valence-corrected chi connectivity index (χ1v) is 13.4. The Balaban J connectivity index is 2.01. The minimum absolute atomic E-state index is 0.00498. The molecule has 0 aromatic heterocycles. The summed E-state index contributed by atoms with van der Waals surface area (Å²) in [6, 6.07) is 9.40. The van der Waals surface area contributed by atoms with Crippen LogP contribution >= 0.6 is 0 Å². The standard InChI is InChI=1S/C28H45N3O3/c1-22(2)27-28(34)29-20-14-9-7-5-3-4-6-8-13-17-25(32)30-24(18-19-26(33)31-27)21-23-15-11-10-12-16-23/h10-12,15-16,22,24,27H,3-9,13-14,17-21H2,1-2H3,(H,29,34)(H,30,32)(H,31,33)/t24-,27+/m1/s1. The highest BCUT2D eigenvalue weighted by atomic mass is 16.2. The first-order valence-electron chi connectivity index (χ1n) is 13.4. The van der Waals surface area contributed by atoms with E-state index in [2.05, 4.69) is 16.0 Å². The molecule has 1 aromatic rings. The van der Waals surface area contributed by atoms with E-state index in [9.17, 15) is 14.4 Å². The topological polar surface area (TPSA) is 87.3 Å². The number of carbonyl (C=O) groups excluding carboxylic acids is 3. The van der Waals surface area contributed by atoms with Gasteiger partial charge in [-0.2, -0.15) is 0 Å². The second kappa shape index (κ2) is 16.3. The highest BCUT2D eigenvalue weighted by Crippen LogP contribution is 2.13. The SMILES string of the molecule is CC(C)[C@@H]1NC(=O)CC[C@H](Cc2ccccc2)NC(=O)CCCCCCCCCCCNC1=O. The number of nitrogens with one attached hydrogen (secondary N) is 3. The van der Waals surface area contributed by atoms with Gasteiger partial charge in [0.2, 0.25) is 17.7 Å². The minimum Gasteiger partial charge on any atom is -0.354 e. The molecule has 1 heterocycles. The maximum atomic E-state index is 12.7. The van der Waals surface area contributed by atoms with Crippen LogP contribution < -0.4 is 16.0 Å². The fourth-order valence-corrected chi connectivity index (χ4v) is 4.48. The maximum absolute atomic E-state index is 12.7. The number of hydrogen-bond acceptors (Lipinski definition) is 3. The molecule has 0 radical (unpaired) electrons. The highest BCUT2D eigenvalue weighted by Gasteiger charge is 2.24. The Hall–Kier alpha value is -2.37. The minimum atomic E-state index is -0.538. The largest absolute Gasteiger partial charge is 0.354 e. The molecule has 0 spiro atoms. The molecule has 1 aromatic carbocycles. The lowest BCUT2D eigenvalue weighted by Crippen LogP contribution is -2.50. The van der Waals surface area contributed by atoms with E-state index in [0.29, 0.717) is 25.8 Å². The Morgan fingerprint density at radius 2 is 1.35 bits per heavy atom. The Morgan fingerprint density at radius 1 is 0.765 bits per heavy atom. The Labute approximate surface area is 206 Å². The Kier molecular flexibility index (Phi) is 13.4. The summed E-state index contributed by atoms with van der Waals surface area (Å²) in [5.41, 5.74) is 1.14. The van der Waals surface area contributed by atoms with Crippen molar-refractivity contribution in [3.63, 3.8) is 0 Å². The van der Waals surface area contributed by atoms with Crippen molar-refractivity contribution in [1.29, 1.82) is 0 Å². The van der Waals surface area contributed by atoms with Crippen molar-refractivity contribution >= 4 is 17.7 Å². The number of rotatable bonds is 3. The molecule has 2 rings (SSSR count). The molecule has 1 aliphatic rings. The molecule has 190 valence electrons. The quantitative estimate of drug-likeness (QED) is 0.599. The van der Waals surface area contributed by atoms with Gasteiger partial charge in [0.05, 0.1) is 0 Å². The van der Waals surface area contributed by atoms with Gasteiger partial charge < -0.3 is 16.0 Å². The molecule has 6 nitrogen and oxygen atoms in total. The molecule has 34 heavy (non-hydrogen) atoms. The van der Waals surface area contributed by atoms with Gasteiger partial charge in [-0.15, -0.1) is 0 Å². The van der Waals surface area contributed by atoms with E-state index in [0.717, 1.165) is 31.2 Å². The third-order valence-corrected chi connectivity index (χ3v) is 6.56. The first-order chi connectivity index (χ1) is 16.5. The van der Waals surface area contributed by atoms with E-state index >= 15 is 0 Å². The Morgan fingerprint density at radius 3 is 2.00 bits per heavy atom. The molecule has 0 bridgehead atoms. The highest BCUT2D eigenvalue weighted by molar-refractivity contribution is 5.87. The van der Waals surface area contributed by atoms with Crippen molar-refractivity contribution in [2.45, 2.75) is 109 Å². The summed E-state index contributed by atoms with van der Waals surface area (Å²) in [4.78, 5) is 38.0. The summed E-state index contributed by atoms with van der Waals surface area (Å²) in [7, 11) is 0. The van der Waals surface area contributed by atoms with Crippen molar-refractivity contribution in [3.05, 3.63) is 35.9 Å². The third-order valence-electron chi connectivity index (χ3n) is 6.56. The number of hydrogen-bond donors (Lipinski definition) is 3. The average molecular weight is 472 g/mol. The summed E-state index contributed by atoms with van der Waals surface area (Å²) in [6.07, 6.45) is 12.2. The molecule has 3 N–H and O–H groups in total. The normalized spacial score (nSPS) is 23.3. The van der Waals surface area contributed by atoms with Crippen LogP contribution in [0.3, 0.4) is 0 Å². The van der Waals surface area contributed by atoms with Gasteiger partial charge in [-0.05, 0) is 37.2 Å². The molecular formula is C28H45N3O3. The zero-order valence-electron chi connectivity index (χ0n) is 21.2. The van der Waals surface area contributed by atoms with E-state index in [4.69, 9.17) is 0 Å². The lowest BCUT2D eigenvalue weighted by atomic mass is 10.00. The molecule has 1 aliphatic heterocycles. The van der Waals surface area contributed by atoms with Gasteiger partial charge in [0, 0.05) is 25.4 Å². The van der Waals surface area contributed by atoms with Gasteiger partial charge >= 0.3 is 0 Å². The van der Waals surface area contributed by atoms with Crippen LogP contribution in [-0.2, 0) is 20.8 Å². The summed E-state index contributed by atoms with van der Waals surface area (Å²) in [6.45, 7) is 4.55. The van der Waals surface area contributed by atoms with Crippen LogP contribution in [0.1, 0.15) is 96.5 Å². The molecule has 0 aliphatic carbocycles. The van der Waals surface area contributed by atoms with Gasteiger partial charge in [0.1, 0.15) is 6.04 Å². The zero-order valence-corrected chi connectivity index (χ0v) is 21.2. The summed E-state index contributed by atoms with van der Waals surface area (Å²) < 4.78 is 0. The van der Waals surface area contributed by atoms with Crippen LogP contribution in [0.2, 0.25) is 0 Å². The lowest BCUT2D eigenvalue weighted by Gasteiger charge is -2.23. The van der Waals surface area contributed by atoms with Gasteiger partial charge in [0.25, 0.3) is 0 Å². The van der Waals surface area contributed by atoms with Crippen molar-refractivity contribution in [2.75, 3.05) is 6.54 Å². The molecule has 1 saturated heterocycles. The van der Waals surface area contributed by atoms with Crippen LogP contribution in [0.5, 0.6) is 0 Å². The van der Waals surface area contributed by atoms with E-state index in [-0.39, 0.29) is 36.1 Å². The molecule has 3 amide bonds. The van der Waals surface area contributed by atoms with Gasteiger partial charge in [0.15, 0.2) is 0 Å². The summed E-state index contributed by atoms with van der Waals surface area (Å²) >= 11 is 0. The number of carbonyl (C=O) groups is 3. The van der Waals surface area contributed by atoms with E-state index < -0.39 is 6.04 Å². The number of amides is 3. The van der Waals surface area contributed by atoms with Crippen LogP contribution in [0.15, 0.2) is 30.3 Å². The fourth-order valence-electron chi connectivity index (χ4n) is 4.48. The van der Waals surface area contributed by atoms with Crippen LogP contribution in [0, 0.1) is 5.92 Å². The fraction of sp³-hybridized carbons (Fsp3) is 0.679.